The van der Waals surface area contributed by atoms with Crippen LogP contribution in [0.2, 0.25) is 0 Å². The molecule has 2 N–H and O–H groups in total. The predicted octanol–water partition coefficient (Wildman–Crippen LogP) is 2.49. The monoisotopic (exact) mass is 303 g/mol. The number of nitrogens with one attached hydrogen (secondary N) is 2. The summed E-state index contributed by atoms with van der Waals surface area (Å²) >= 11 is 0. The van der Waals surface area contributed by atoms with Gasteiger partial charge in [0, 0.05) is 11.9 Å². The molecule has 112 valence electrons. The van der Waals surface area contributed by atoms with Crippen LogP contribution in [-0.4, -0.2) is 20.2 Å². The quantitative estimate of drug-likeness (QED) is 0.747. The highest BCUT2D eigenvalue weighted by molar-refractivity contribution is 5.56. The molecule has 0 fully saturated rings. The minimum atomic E-state index is 0.353. The van der Waals surface area contributed by atoms with E-state index in [-0.39, 0.29) is 0 Å². The van der Waals surface area contributed by atoms with E-state index in [4.69, 9.17) is 5.26 Å². The number of nitriles is 1. The SMILES string of the molecule is N#Cc1cccc(Nc2nncc(NCc3ccccn3)n2)c1. The van der Waals surface area contributed by atoms with Crippen LogP contribution in [0.1, 0.15) is 11.3 Å². The molecule has 23 heavy (non-hydrogen) atoms. The minimum Gasteiger partial charge on any atom is -0.363 e. The van der Waals surface area contributed by atoms with Crippen LogP contribution in [0.5, 0.6) is 0 Å². The van der Waals surface area contributed by atoms with E-state index >= 15 is 0 Å². The van der Waals surface area contributed by atoms with Gasteiger partial charge in [-0.25, -0.2) is 0 Å². The average Bonchev–Trinajstić information content (AvgIpc) is 2.61. The Morgan fingerprint density at radius 2 is 2.09 bits per heavy atom. The van der Waals surface area contributed by atoms with Gasteiger partial charge in [0.25, 0.3) is 0 Å². The molecule has 0 saturated heterocycles. The second-order valence-electron chi connectivity index (χ2n) is 4.66. The average molecular weight is 303 g/mol. The highest BCUT2D eigenvalue weighted by Crippen LogP contribution is 2.15. The van der Waals surface area contributed by atoms with Crippen molar-refractivity contribution in [3.8, 4) is 6.07 Å². The Hall–Kier alpha value is -3.53. The fourth-order valence-corrected chi connectivity index (χ4v) is 1.92. The van der Waals surface area contributed by atoms with Crippen molar-refractivity contribution in [3.05, 3.63) is 66.1 Å². The second kappa shape index (κ2) is 6.95. The molecule has 2 aromatic heterocycles. The summed E-state index contributed by atoms with van der Waals surface area (Å²) in [7, 11) is 0. The largest absolute Gasteiger partial charge is 0.363 e. The summed E-state index contributed by atoms with van der Waals surface area (Å²) in [6.45, 7) is 0.545. The van der Waals surface area contributed by atoms with Crippen LogP contribution >= 0.6 is 0 Å². The molecule has 0 aliphatic heterocycles. The molecule has 2 heterocycles. The number of benzene rings is 1. The molecule has 0 aliphatic carbocycles. The van der Waals surface area contributed by atoms with Crippen molar-refractivity contribution >= 4 is 17.5 Å². The fraction of sp³-hybridized carbons (Fsp3) is 0.0625. The van der Waals surface area contributed by atoms with Crippen LogP contribution in [-0.2, 0) is 6.54 Å². The molecule has 0 aliphatic rings. The summed E-state index contributed by atoms with van der Waals surface area (Å²) in [5.41, 5.74) is 2.20. The van der Waals surface area contributed by atoms with E-state index in [2.05, 4.69) is 36.9 Å². The molecule has 3 rings (SSSR count). The molecule has 0 amide bonds. The lowest BCUT2D eigenvalue weighted by Gasteiger charge is -2.07. The van der Waals surface area contributed by atoms with E-state index in [1.54, 1.807) is 30.6 Å². The number of pyridine rings is 1. The molecular formula is C16H13N7. The van der Waals surface area contributed by atoms with E-state index in [0.717, 1.165) is 11.4 Å². The number of nitrogens with zero attached hydrogens (tertiary/aromatic N) is 5. The van der Waals surface area contributed by atoms with Gasteiger partial charge in [-0.1, -0.05) is 12.1 Å². The third-order valence-corrected chi connectivity index (χ3v) is 2.98. The second-order valence-corrected chi connectivity index (χ2v) is 4.66. The molecule has 0 unspecified atom stereocenters. The lowest BCUT2D eigenvalue weighted by Crippen LogP contribution is -2.06. The molecule has 0 saturated carbocycles. The molecule has 0 spiro atoms. The summed E-state index contributed by atoms with van der Waals surface area (Å²) in [5.74, 6) is 0.940. The molecule has 0 radical (unpaired) electrons. The Balaban J connectivity index is 1.68. The van der Waals surface area contributed by atoms with Gasteiger partial charge in [-0.2, -0.15) is 15.3 Å². The molecule has 1 aromatic carbocycles. The molecule has 7 nitrogen and oxygen atoms in total. The van der Waals surface area contributed by atoms with Crippen LogP contribution in [0.4, 0.5) is 17.5 Å². The van der Waals surface area contributed by atoms with Crippen LogP contribution in [0.3, 0.4) is 0 Å². The van der Waals surface area contributed by atoms with Crippen molar-refractivity contribution < 1.29 is 0 Å². The van der Waals surface area contributed by atoms with Gasteiger partial charge in [0.1, 0.15) is 0 Å². The van der Waals surface area contributed by atoms with Gasteiger partial charge in [-0.15, -0.1) is 5.10 Å². The van der Waals surface area contributed by atoms with Crippen molar-refractivity contribution in [3.63, 3.8) is 0 Å². The maximum atomic E-state index is 8.91. The number of rotatable bonds is 5. The van der Waals surface area contributed by atoms with Gasteiger partial charge >= 0.3 is 0 Å². The summed E-state index contributed by atoms with van der Waals surface area (Å²) in [5, 5.41) is 22.9. The predicted molar refractivity (Wildman–Crippen MR) is 85.8 cm³/mol. The van der Waals surface area contributed by atoms with Crippen molar-refractivity contribution in [2.24, 2.45) is 0 Å². The Morgan fingerprint density at radius 1 is 1.13 bits per heavy atom. The van der Waals surface area contributed by atoms with Gasteiger partial charge < -0.3 is 10.6 Å². The smallest absolute Gasteiger partial charge is 0.249 e. The molecule has 3 aromatic rings. The first-order valence-corrected chi connectivity index (χ1v) is 6.94. The third kappa shape index (κ3) is 3.98. The summed E-state index contributed by atoms with van der Waals surface area (Å²) < 4.78 is 0. The van der Waals surface area contributed by atoms with Crippen molar-refractivity contribution in [2.75, 3.05) is 10.6 Å². The van der Waals surface area contributed by atoms with E-state index in [0.29, 0.717) is 23.9 Å². The molecule has 0 bridgehead atoms. The molecular weight excluding hydrogens is 290 g/mol. The van der Waals surface area contributed by atoms with Crippen LogP contribution < -0.4 is 10.6 Å². The van der Waals surface area contributed by atoms with Crippen LogP contribution in [0.25, 0.3) is 0 Å². The highest BCUT2D eigenvalue weighted by atomic mass is 15.3. The summed E-state index contributed by atoms with van der Waals surface area (Å²) in [6.07, 6.45) is 3.28. The number of hydrogen-bond donors (Lipinski definition) is 2. The molecule has 0 atom stereocenters. The van der Waals surface area contributed by atoms with Gasteiger partial charge in [0.05, 0.1) is 30.1 Å². The molecule has 7 heteroatoms. The number of anilines is 3. The van der Waals surface area contributed by atoms with Crippen molar-refractivity contribution in [1.82, 2.24) is 20.2 Å². The number of aromatic nitrogens is 4. The maximum Gasteiger partial charge on any atom is 0.249 e. The van der Waals surface area contributed by atoms with Crippen molar-refractivity contribution in [2.45, 2.75) is 6.54 Å². The van der Waals surface area contributed by atoms with Crippen LogP contribution in [0.15, 0.2) is 54.9 Å². The van der Waals surface area contributed by atoms with Gasteiger partial charge in [0.2, 0.25) is 5.95 Å². The van der Waals surface area contributed by atoms with Gasteiger partial charge in [-0.3, -0.25) is 4.98 Å². The Morgan fingerprint density at radius 3 is 2.91 bits per heavy atom. The van der Waals surface area contributed by atoms with Gasteiger partial charge in [-0.05, 0) is 30.3 Å². The summed E-state index contributed by atoms with van der Waals surface area (Å²) in [6, 6.07) is 14.9. The first kappa shape index (κ1) is 14.4. The Bertz CT molecular complexity index is 827. The van der Waals surface area contributed by atoms with E-state index in [1.807, 2.05) is 24.3 Å². The normalized spacial score (nSPS) is 9.87. The minimum absolute atomic E-state index is 0.353. The van der Waals surface area contributed by atoms with Gasteiger partial charge in [0.15, 0.2) is 5.82 Å². The third-order valence-electron chi connectivity index (χ3n) is 2.98. The standard InChI is InChI=1S/C16H13N7/c17-9-12-4-3-6-13(8-12)21-16-22-15(11-20-23-16)19-10-14-5-1-2-7-18-14/h1-8,11H,10H2,(H2,19,21,22,23). The lowest BCUT2D eigenvalue weighted by molar-refractivity contribution is 0.955. The Labute approximate surface area is 133 Å². The maximum absolute atomic E-state index is 8.91. The van der Waals surface area contributed by atoms with E-state index in [9.17, 15) is 0 Å². The fourth-order valence-electron chi connectivity index (χ4n) is 1.92. The number of hydrogen-bond acceptors (Lipinski definition) is 7. The summed E-state index contributed by atoms with van der Waals surface area (Å²) in [4.78, 5) is 8.56. The lowest BCUT2D eigenvalue weighted by atomic mass is 10.2. The zero-order valence-electron chi connectivity index (χ0n) is 12.1. The van der Waals surface area contributed by atoms with Crippen molar-refractivity contribution in [1.29, 1.82) is 5.26 Å². The first-order valence-electron chi connectivity index (χ1n) is 6.94. The highest BCUT2D eigenvalue weighted by Gasteiger charge is 2.02. The zero-order valence-corrected chi connectivity index (χ0v) is 12.1. The zero-order chi connectivity index (χ0) is 15.9. The van der Waals surface area contributed by atoms with Crippen LogP contribution in [0, 0.1) is 11.3 Å². The topological polar surface area (TPSA) is 99.4 Å². The van der Waals surface area contributed by atoms with E-state index < -0.39 is 0 Å². The van der Waals surface area contributed by atoms with E-state index in [1.165, 1.54) is 0 Å². The Kier molecular flexibility index (Phi) is 4.36. The first-order chi connectivity index (χ1) is 11.3.